The van der Waals surface area contributed by atoms with Crippen LogP contribution in [0.2, 0.25) is 0 Å². The Kier molecular flexibility index (Phi) is 4.56. The number of rotatable bonds is 3. The fourth-order valence-electron chi connectivity index (χ4n) is 3.92. The van der Waals surface area contributed by atoms with Crippen molar-refractivity contribution in [2.24, 2.45) is 0 Å². The van der Waals surface area contributed by atoms with E-state index in [9.17, 15) is 4.79 Å². The monoisotopic (exact) mass is 357 g/mol. The van der Waals surface area contributed by atoms with E-state index < -0.39 is 0 Å². The lowest BCUT2D eigenvalue weighted by Gasteiger charge is -2.22. The molecule has 2 aliphatic heterocycles. The van der Waals surface area contributed by atoms with E-state index in [-0.39, 0.29) is 11.9 Å². The second-order valence-electron chi connectivity index (χ2n) is 7.80. The van der Waals surface area contributed by atoms with Gasteiger partial charge in [-0.15, -0.1) is 0 Å². The van der Waals surface area contributed by atoms with Crippen LogP contribution >= 0.6 is 0 Å². The van der Waals surface area contributed by atoms with E-state index in [1.54, 1.807) is 0 Å². The molecule has 2 aromatic heterocycles. The Morgan fingerprint density at radius 1 is 1.23 bits per heavy atom. The van der Waals surface area contributed by atoms with Gasteiger partial charge in [0.15, 0.2) is 5.69 Å². The molecule has 1 saturated heterocycles. The number of amides is 1. The molecule has 0 saturated carbocycles. The summed E-state index contributed by atoms with van der Waals surface area (Å²) in [6, 6.07) is 3.95. The molecule has 0 N–H and O–H groups in total. The standard InChI is InChI=1S/C19H27N5O2/c1-13(2)18-11-15(21-26-18)17-6-4-8-23(17)19(25)16-10-14-12-22(3)7-5-9-24(14)20-16/h10-11,13,17H,4-9,12H2,1-3H3. The smallest absolute Gasteiger partial charge is 0.274 e. The highest BCUT2D eigenvalue weighted by Crippen LogP contribution is 2.33. The molecule has 0 aliphatic carbocycles. The van der Waals surface area contributed by atoms with E-state index in [0.717, 1.165) is 62.6 Å². The maximum atomic E-state index is 13.1. The molecule has 1 atom stereocenters. The van der Waals surface area contributed by atoms with Crippen LogP contribution in [0.3, 0.4) is 0 Å². The molecule has 0 radical (unpaired) electrons. The van der Waals surface area contributed by atoms with Gasteiger partial charge in [-0.05, 0) is 32.4 Å². The first-order valence-corrected chi connectivity index (χ1v) is 9.55. The van der Waals surface area contributed by atoms with Gasteiger partial charge in [0, 0.05) is 38.2 Å². The van der Waals surface area contributed by atoms with Crippen molar-refractivity contribution < 1.29 is 9.32 Å². The van der Waals surface area contributed by atoms with E-state index in [0.29, 0.717) is 11.6 Å². The van der Waals surface area contributed by atoms with Gasteiger partial charge in [0.25, 0.3) is 5.91 Å². The van der Waals surface area contributed by atoms with Gasteiger partial charge in [-0.25, -0.2) is 0 Å². The van der Waals surface area contributed by atoms with Crippen LogP contribution in [0.4, 0.5) is 0 Å². The maximum Gasteiger partial charge on any atom is 0.274 e. The Morgan fingerprint density at radius 2 is 2.08 bits per heavy atom. The van der Waals surface area contributed by atoms with Gasteiger partial charge in [0.2, 0.25) is 0 Å². The lowest BCUT2D eigenvalue weighted by atomic mass is 10.1. The van der Waals surface area contributed by atoms with Crippen LogP contribution in [0.1, 0.15) is 72.7 Å². The molecule has 0 spiro atoms. The highest BCUT2D eigenvalue weighted by Gasteiger charge is 2.34. The molecule has 140 valence electrons. The minimum Gasteiger partial charge on any atom is -0.361 e. The maximum absolute atomic E-state index is 13.1. The summed E-state index contributed by atoms with van der Waals surface area (Å²) < 4.78 is 7.45. The number of aromatic nitrogens is 3. The summed E-state index contributed by atoms with van der Waals surface area (Å²) >= 11 is 0. The molecule has 1 fully saturated rings. The zero-order chi connectivity index (χ0) is 18.3. The van der Waals surface area contributed by atoms with Crippen molar-refractivity contribution in [1.29, 1.82) is 0 Å². The highest BCUT2D eigenvalue weighted by atomic mass is 16.5. The van der Waals surface area contributed by atoms with E-state index in [1.165, 1.54) is 0 Å². The molecule has 26 heavy (non-hydrogen) atoms. The average molecular weight is 357 g/mol. The van der Waals surface area contributed by atoms with Crippen LogP contribution in [0.15, 0.2) is 16.7 Å². The van der Waals surface area contributed by atoms with Gasteiger partial charge in [-0.2, -0.15) is 5.10 Å². The van der Waals surface area contributed by atoms with Crippen molar-refractivity contribution in [1.82, 2.24) is 24.7 Å². The number of hydrogen-bond donors (Lipinski definition) is 0. The van der Waals surface area contributed by atoms with Crippen LogP contribution in [-0.2, 0) is 13.1 Å². The predicted molar refractivity (Wildman–Crippen MR) is 96.8 cm³/mol. The Balaban J connectivity index is 1.56. The van der Waals surface area contributed by atoms with Gasteiger partial charge < -0.3 is 14.3 Å². The lowest BCUT2D eigenvalue weighted by Crippen LogP contribution is -2.31. The van der Waals surface area contributed by atoms with Crippen molar-refractivity contribution in [3.8, 4) is 0 Å². The third-order valence-corrected chi connectivity index (χ3v) is 5.39. The van der Waals surface area contributed by atoms with Crippen molar-refractivity contribution in [2.45, 2.75) is 58.2 Å². The number of fused-ring (bicyclic) bond motifs is 1. The molecule has 7 nitrogen and oxygen atoms in total. The Bertz CT molecular complexity index is 794. The van der Waals surface area contributed by atoms with Crippen molar-refractivity contribution in [3.63, 3.8) is 0 Å². The molecule has 4 heterocycles. The molecule has 1 amide bonds. The average Bonchev–Trinajstić information content (AvgIpc) is 3.31. The number of aryl methyl sites for hydroxylation is 1. The molecule has 7 heteroatoms. The molecular formula is C19H27N5O2. The van der Waals surface area contributed by atoms with Crippen LogP contribution in [0.5, 0.6) is 0 Å². The third-order valence-electron chi connectivity index (χ3n) is 5.39. The molecule has 4 rings (SSSR count). The molecular weight excluding hydrogens is 330 g/mol. The first-order chi connectivity index (χ1) is 12.5. The number of likely N-dealkylation sites (tertiary alicyclic amines) is 1. The summed E-state index contributed by atoms with van der Waals surface area (Å²) in [4.78, 5) is 17.3. The van der Waals surface area contributed by atoms with E-state index in [2.05, 4.69) is 36.1 Å². The Morgan fingerprint density at radius 3 is 2.85 bits per heavy atom. The zero-order valence-corrected chi connectivity index (χ0v) is 15.8. The van der Waals surface area contributed by atoms with Crippen LogP contribution < -0.4 is 0 Å². The molecule has 0 bridgehead atoms. The molecule has 2 aliphatic rings. The van der Waals surface area contributed by atoms with Crippen LogP contribution in [0, 0.1) is 0 Å². The Labute approximate surface area is 153 Å². The van der Waals surface area contributed by atoms with Crippen molar-refractivity contribution in [3.05, 3.63) is 35.0 Å². The first-order valence-electron chi connectivity index (χ1n) is 9.55. The normalized spacial score (nSPS) is 21.2. The number of hydrogen-bond acceptors (Lipinski definition) is 5. The minimum atomic E-state index is -0.0112. The fraction of sp³-hybridized carbons (Fsp3) is 0.632. The zero-order valence-electron chi connectivity index (χ0n) is 15.8. The third kappa shape index (κ3) is 3.16. The second kappa shape index (κ2) is 6.87. The summed E-state index contributed by atoms with van der Waals surface area (Å²) in [6.45, 7) is 7.68. The largest absolute Gasteiger partial charge is 0.361 e. The molecule has 0 aromatic carbocycles. The van der Waals surface area contributed by atoms with Gasteiger partial charge in [0.05, 0.1) is 11.7 Å². The Hall–Kier alpha value is -2.15. The first kappa shape index (κ1) is 17.3. The molecule has 1 unspecified atom stereocenters. The number of carbonyl (C=O) groups is 1. The van der Waals surface area contributed by atoms with Crippen LogP contribution in [0.25, 0.3) is 0 Å². The fourth-order valence-corrected chi connectivity index (χ4v) is 3.92. The van der Waals surface area contributed by atoms with E-state index >= 15 is 0 Å². The summed E-state index contributed by atoms with van der Waals surface area (Å²) in [7, 11) is 2.11. The number of carbonyl (C=O) groups excluding carboxylic acids is 1. The second-order valence-corrected chi connectivity index (χ2v) is 7.80. The number of nitrogens with zero attached hydrogens (tertiary/aromatic N) is 5. The highest BCUT2D eigenvalue weighted by molar-refractivity contribution is 5.93. The summed E-state index contributed by atoms with van der Waals surface area (Å²) in [5.41, 5.74) is 2.53. The van der Waals surface area contributed by atoms with Gasteiger partial charge in [0.1, 0.15) is 11.5 Å². The summed E-state index contributed by atoms with van der Waals surface area (Å²) in [5, 5.41) is 8.84. The predicted octanol–water partition coefficient (Wildman–Crippen LogP) is 2.81. The quantitative estimate of drug-likeness (QED) is 0.845. The lowest BCUT2D eigenvalue weighted by molar-refractivity contribution is 0.0723. The topological polar surface area (TPSA) is 67.4 Å². The minimum absolute atomic E-state index is 0.00447. The van der Waals surface area contributed by atoms with Crippen molar-refractivity contribution >= 4 is 5.91 Å². The van der Waals surface area contributed by atoms with E-state index in [1.807, 2.05) is 21.7 Å². The van der Waals surface area contributed by atoms with Crippen LogP contribution in [-0.4, -0.2) is 50.8 Å². The van der Waals surface area contributed by atoms with Gasteiger partial charge in [-0.1, -0.05) is 19.0 Å². The van der Waals surface area contributed by atoms with Crippen molar-refractivity contribution in [2.75, 3.05) is 20.1 Å². The summed E-state index contributed by atoms with van der Waals surface area (Å²) in [6.07, 6.45) is 2.96. The summed E-state index contributed by atoms with van der Waals surface area (Å²) in [5.74, 6) is 1.17. The SMILES string of the molecule is CC(C)c1cc(C2CCCN2C(=O)c2cc3n(n2)CCCN(C)C3)no1. The molecule has 2 aromatic rings. The van der Waals surface area contributed by atoms with E-state index in [4.69, 9.17) is 4.52 Å². The van der Waals surface area contributed by atoms with Gasteiger partial charge in [-0.3, -0.25) is 9.48 Å². The van der Waals surface area contributed by atoms with Gasteiger partial charge >= 0.3 is 0 Å².